The Labute approximate surface area is 93.1 Å². The minimum Gasteiger partial charge on any atom is -0.389 e. The standard InChI is InChI=1S/C8H13Cl2N3O/c9-7(11)5-6(8(10)12)13-1-3-14-4-2-13/h5H,1-4,11-12H2/b7-5-,8-6+. The summed E-state index contributed by atoms with van der Waals surface area (Å²) >= 11 is 11.3. The van der Waals surface area contributed by atoms with E-state index in [1.165, 1.54) is 0 Å². The minimum atomic E-state index is 0.162. The van der Waals surface area contributed by atoms with Gasteiger partial charge < -0.3 is 21.1 Å². The third-order valence-corrected chi connectivity index (χ3v) is 2.17. The number of morpholine rings is 1. The van der Waals surface area contributed by atoms with Gasteiger partial charge in [0.15, 0.2) is 0 Å². The first-order chi connectivity index (χ1) is 6.61. The van der Waals surface area contributed by atoms with E-state index in [0.29, 0.717) is 18.9 Å². The first-order valence-electron chi connectivity index (χ1n) is 4.22. The first-order valence-corrected chi connectivity index (χ1v) is 4.97. The van der Waals surface area contributed by atoms with E-state index in [9.17, 15) is 0 Å². The van der Waals surface area contributed by atoms with Crippen molar-refractivity contribution in [3.05, 3.63) is 22.1 Å². The molecule has 14 heavy (non-hydrogen) atoms. The van der Waals surface area contributed by atoms with E-state index in [2.05, 4.69) is 0 Å². The average Bonchev–Trinajstić information content (AvgIpc) is 2.15. The molecule has 0 aromatic rings. The zero-order valence-corrected chi connectivity index (χ0v) is 9.18. The summed E-state index contributed by atoms with van der Waals surface area (Å²) in [5, 5.41) is 0.352. The highest BCUT2D eigenvalue weighted by Gasteiger charge is 2.14. The Balaban J connectivity index is 2.78. The van der Waals surface area contributed by atoms with Crippen molar-refractivity contribution in [3.8, 4) is 0 Å². The van der Waals surface area contributed by atoms with E-state index >= 15 is 0 Å². The first kappa shape index (κ1) is 11.5. The van der Waals surface area contributed by atoms with E-state index in [1.54, 1.807) is 6.08 Å². The summed E-state index contributed by atoms with van der Waals surface area (Å²) in [6, 6.07) is 0. The minimum absolute atomic E-state index is 0.162. The number of ether oxygens (including phenoxy) is 1. The molecule has 1 aliphatic heterocycles. The van der Waals surface area contributed by atoms with Crippen molar-refractivity contribution in [1.29, 1.82) is 0 Å². The molecule has 1 saturated heterocycles. The van der Waals surface area contributed by atoms with Crippen LogP contribution in [0.25, 0.3) is 0 Å². The van der Waals surface area contributed by atoms with Crippen molar-refractivity contribution in [2.75, 3.05) is 26.3 Å². The Hall–Kier alpha value is -0.580. The van der Waals surface area contributed by atoms with Gasteiger partial charge in [-0.05, 0) is 6.08 Å². The monoisotopic (exact) mass is 237 g/mol. The number of allylic oxidation sites excluding steroid dienone is 1. The fourth-order valence-corrected chi connectivity index (χ4v) is 1.52. The van der Waals surface area contributed by atoms with Gasteiger partial charge >= 0.3 is 0 Å². The highest BCUT2D eigenvalue weighted by Crippen LogP contribution is 2.15. The maximum atomic E-state index is 5.74. The molecule has 0 aromatic heterocycles. The van der Waals surface area contributed by atoms with Gasteiger partial charge in [0.05, 0.1) is 18.9 Å². The predicted octanol–water partition coefficient (Wildman–Crippen LogP) is 0.724. The lowest BCUT2D eigenvalue weighted by molar-refractivity contribution is 0.0551. The quantitative estimate of drug-likeness (QED) is 0.549. The third kappa shape index (κ3) is 3.29. The van der Waals surface area contributed by atoms with Crippen LogP contribution in [0.4, 0.5) is 0 Å². The molecule has 1 fully saturated rings. The molecule has 0 aliphatic carbocycles. The van der Waals surface area contributed by atoms with Crippen molar-refractivity contribution >= 4 is 23.2 Å². The van der Waals surface area contributed by atoms with Gasteiger partial charge in [-0.15, -0.1) is 0 Å². The Morgan fingerprint density at radius 1 is 1.21 bits per heavy atom. The van der Waals surface area contributed by atoms with Crippen LogP contribution in [0.5, 0.6) is 0 Å². The molecule has 1 aliphatic rings. The summed E-state index contributed by atoms with van der Waals surface area (Å²) in [5.74, 6) is 0. The molecule has 0 unspecified atom stereocenters. The maximum Gasteiger partial charge on any atom is 0.123 e. The molecule has 0 aromatic carbocycles. The van der Waals surface area contributed by atoms with Gasteiger partial charge in [-0.25, -0.2) is 0 Å². The summed E-state index contributed by atoms with van der Waals surface area (Å²) in [7, 11) is 0. The zero-order chi connectivity index (χ0) is 10.6. The number of nitrogens with two attached hydrogens (primary N) is 2. The van der Waals surface area contributed by atoms with Gasteiger partial charge in [-0.1, -0.05) is 23.2 Å². The topological polar surface area (TPSA) is 64.5 Å². The van der Waals surface area contributed by atoms with Gasteiger partial charge in [-0.2, -0.15) is 0 Å². The van der Waals surface area contributed by atoms with E-state index < -0.39 is 0 Å². The molecule has 0 spiro atoms. The van der Waals surface area contributed by atoms with Crippen LogP contribution in [0.3, 0.4) is 0 Å². The molecule has 0 saturated carbocycles. The van der Waals surface area contributed by atoms with Crippen molar-refractivity contribution in [2.24, 2.45) is 11.5 Å². The van der Waals surface area contributed by atoms with Crippen LogP contribution >= 0.6 is 23.2 Å². The van der Waals surface area contributed by atoms with Crippen LogP contribution in [0, 0.1) is 0 Å². The normalized spacial score (nSPS) is 20.7. The van der Waals surface area contributed by atoms with Crippen molar-refractivity contribution in [1.82, 2.24) is 4.90 Å². The fraction of sp³-hybridized carbons (Fsp3) is 0.500. The van der Waals surface area contributed by atoms with E-state index in [-0.39, 0.29) is 10.3 Å². The SMILES string of the molecule is N/C(Cl)=C(\C=C(/N)Cl)N1CCOCC1. The van der Waals surface area contributed by atoms with Crippen molar-refractivity contribution in [2.45, 2.75) is 0 Å². The Morgan fingerprint density at radius 3 is 2.21 bits per heavy atom. The number of hydrogen-bond acceptors (Lipinski definition) is 4. The number of halogens is 2. The number of rotatable bonds is 2. The van der Waals surface area contributed by atoms with Crippen LogP contribution in [0.1, 0.15) is 0 Å². The lowest BCUT2D eigenvalue weighted by Gasteiger charge is -2.29. The lowest BCUT2D eigenvalue weighted by Crippen LogP contribution is -2.36. The fourth-order valence-electron chi connectivity index (χ4n) is 1.25. The van der Waals surface area contributed by atoms with Gasteiger partial charge in [0.2, 0.25) is 0 Å². The van der Waals surface area contributed by atoms with Crippen LogP contribution in [-0.4, -0.2) is 31.2 Å². The molecule has 6 heteroatoms. The number of hydrogen-bond donors (Lipinski definition) is 2. The third-order valence-electron chi connectivity index (χ3n) is 1.87. The second kappa shape index (κ2) is 5.34. The Morgan fingerprint density at radius 2 is 1.79 bits per heavy atom. The van der Waals surface area contributed by atoms with Crippen LogP contribution < -0.4 is 11.5 Å². The van der Waals surface area contributed by atoms with E-state index in [0.717, 1.165) is 13.1 Å². The van der Waals surface area contributed by atoms with E-state index in [1.807, 2.05) is 4.90 Å². The second-order valence-corrected chi connectivity index (χ2v) is 3.71. The van der Waals surface area contributed by atoms with Gasteiger partial charge in [-0.3, -0.25) is 0 Å². The zero-order valence-electron chi connectivity index (χ0n) is 7.67. The van der Waals surface area contributed by atoms with Gasteiger partial charge in [0.1, 0.15) is 10.3 Å². The molecular weight excluding hydrogens is 225 g/mol. The van der Waals surface area contributed by atoms with Gasteiger partial charge in [0, 0.05) is 13.1 Å². The molecule has 1 rings (SSSR count). The summed E-state index contributed by atoms with van der Waals surface area (Å²) in [4.78, 5) is 1.99. The predicted molar refractivity (Wildman–Crippen MR) is 57.6 cm³/mol. The smallest absolute Gasteiger partial charge is 0.123 e. The second-order valence-electron chi connectivity index (χ2n) is 2.86. The molecule has 1 heterocycles. The van der Waals surface area contributed by atoms with Crippen LogP contribution in [0.2, 0.25) is 0 Å². The van der Waals surface area contributed by atoms with Crippen molar-refractivity contribution < 1.29 is 4.74 Å². The molecule has 80 valence electrons. The molecule has 4 N–H and O–H groups in total. The summed E-state index contributed by atoms with van der Waals surface area (Å²) in [5.41, 5.74) is 11.5. The molecule has 4 nitrogen and oxygen atoms in total. The Kier molecular flexibility index (Phi) is 4.38. The largest absolute Gasteiger partial charge is 0.389 e. The number of nitrogens with zero attached hydrogens (tertiary/aromatic N) is 1. The van der Waals surface area contributed by atoms with E-state index in [4.69, 9.17) is 39.4 Å². The highest BCUT2D eigenvalue weighted by atomic mass is 35.5. The summed E-state index contributed by atoms with van der Waals surface area (Å²) < 4.78 is 5.20. The average molecular weight is 238 g/mol. The molecule has 0 radical (unpaired) electrons. The molecule has 0 atom stereocenters. The summed E-state index contributed by atoms with van der Waals surface area (Å²) in [6.45, 7) is 2.79. The summed E-state index contributed by atoms with van der Waals surface area (Å²) in [6.07, 6.45) is 1.55. The Bertz CT molecular complexity index is 251. The lowest BCUT2D eigenvalue weighted by atomic mass is 10.3. The molecule has 0 amide bonds. The van der Waals surface area contributed by atoms with Crippen LogP contribution in [0.15, 0.2) is 22.1 Å². The maximum absolute atomic E-state index is 5.74. The van der Waals surface area contributed by atoms with Crippen LogP contribution in [-0.2, 0) is 4.74 Å². The molecular formula is C8H13Cl2N3O. The molecule has 0 bridgehead atoms. The van der Waals surface area contributed by atoms with Gasteiger partial charge in [0.25, 0.3) is 0 Å². The van der Waals surface area contributed by atoms with Crippen molar-refractivity contribution in [3.63, 3.8) is 0 Å². The highest BCUT2D eigenvalue weighted by molar-refractivity contribution is 6.30.